The fourth-order valence-electron chi connectivity index (χ4n) is 2.77. The lowest BCUT2D eigenvalue weighted by atomic mass is 9.96. The van der Waals surface area contributed by atoms with Crippen molar-refractivity contribution >= 4 is 5.91 Å². The summed E-state index contributed by atoms with van der Waals surface area (Å²) in [5, 5.41) is 6.53. The standard InChI is InChI=1S/C13H17N3O/c17-12(10-3-1-5-14-8-10)16-9-13-4-2-6-15-11(13)7-13/h1,3,5,8,11,15H,2,4,6-7,9H2,(H,16,17). The van der Waals surface area contributed by atoms with E-state index >= 15 is 0 Å². The van der Waals surface area contributed by atoms with Gasteiger partial charge < -0.3 is 10.6 Å². The number of nitrogens with zero attached hydrogens (tertiary/aromatic N) is 1. The molecule has 2 heterocycles. The Morgan fingerprint density at radius 1 is 1.65 bits per heavy atom. The fourth-order valence-corrected chi connectivity index (χ4v) is 2.77. The van der Waals surface area contributed by atoms with Gasteiger partial charge in [-0.2, -0.15) is 0 Å². The number of carbonyl (C=O) groups excluding carboxylic acids is 1. The zero-order valence-corrected chi connectivity index (χ0v) is 9.78. The molecule has 3 rings (SSSR count). The molecular formula is C13H17N3O. The van der Waals surface area contributed by atoms with Gasteiger partial charge in [0.25, 0.3) is 5.91 Å². The van der Waals surface area contributed by atoms with E-state index in [-0.39, 0.29) is 5.91 Å². The summed E-state index contributed by atoms with van der Waals surface area (Å²) in [7, 11) is 0. The monoisotopic (exact) mass is 231 g/mol. The van der Waals surface area contributed by atoms with Gasteiger partial charge >= 0.3 is 0 Å². The Bertz CT molecular complexity index is 420. The highest BCUT2D eigenvalue weighted by atomic mass is 16.1. The third-order valence-corrected chi connectivity index (χ3v) is 3.96. The van der Waals surface area contributed by atoms with Crippen LogP contribution in [0.4, 0.5) is 0 Å². The molecule has 0 aromatic carbocycles. The Balaban J connectivity index is 1.57. The number of rotatable bonds is 3. The Hall–Kier alpha value is -1.42. The van der Waals surface area contributed by atoms with Gasteiger partial charge in [0.2, 0.25) is 0 Å². The molecule has 1 aromatic rings. The number of fused-ring (bicyclic) bond motifs is 1. The molecule has 1 saturated heterocycles. The third kappa shape index (κ3) is 2.05. The molecule has 2 fully saturated rings. The highest BCUT2D eigenvalue weighted by Gasteiger charge is 2.54. The van der Waals surface area contributed by atoms with Crippen LogP contribution in [0.15, 0.2) is 24.5 Å². The molecule has 0 spiro atoms. The van der Waals surface area contributed by atoms with Crippen LogP contribution in [0.2, 0.25) is 0 Å². The average molecular weight is 231 g/mol. The molecule has 2 N–H and O–H groups in total. The van der Waals surface area contributed by atoms with E-state index in [1.165, 1.54) is 19.3 Å². The number of hydrogen-bond acceptors (Lipinski definition) is 3. The molecule has 1 aliphatic carbocycles. The lowest BCUT2D eigenvalue weighted by Crippen LogP contribution is -2.38. The molecular weight excluding hydrogens is 214 g/mol. The second-order valence-electron chi connectivity index (χ2n) is 5.10. The zero-order valence-electron chi connectivity index (χ0n) is 9.78. The SMILES string of the molecule is O=C(NCC12CCCNC1C2)c1cccnc1. The summed E-state index contributed by atoms with van der Waals surface area (Å²) >= 11 is 0. The highest BCUT2D eigenvalue weighted by molar-refractivity contribution is 5.93. The van der Waals surface area contributed by atoms with E-state index in [1.807, 2.05) is 0 Å². The van der Waals surface area contributed by atoms with Gasteiger partial charge in [-0.05, 0) is 37.9 Å². The maximum atomic E-state index is 11.9. The van der Waals surface area contributed by atoms with E-state index in [4.69, 9.17) is 0 Å². The van der Waals surface area contributed by atoms with Crippen LogP contribution in [0.3, 0.4) is 0 Å². The van der Waals surface area contributed by atoms with Gasteiger partial charge in [-0.25, -0.2) is 0 Å². The summed E-state index contributed by atoms with van der Waals surface area (Å²) in [5.41, 5.74) is 0.987. The Morgan fingerprint density at radius 2 is 2.59 bits per heavy atom. The van der Waals surface area contributed by atoms with Crippen molar-refractivity contribution < 1.29 is 4.79 Å². The van der Waals surface area contributed by atoms with Gasteiger partial charge in [0.05, 0.1) is 5.56 Å². The molecule has 90 valence electrons. The average Bonchev–Trinajstić information content (AvgIpc) is 3.12. The van der Waals surface area contributed by atoms with Crippen LogP contribution < -0.4 is 10.6 Å². The van der Waals surface area contributed by atoms with Crippen molar-refractivity contribution in [2.45, 2.75) is 25.3 Å². The fraction of sp³-hybridized carbons (Fsp3) is 0.538. The van der Waals surface area contributed by atoms with Gasteiger partial charge in [-0.3, -0.25) is 9.78 Å². The van der Waals surface area contributed by atoms with E-state index in [2.05, 4.69) is 15.6 Å². The highest BCUT2D eigenvalue weighted by Crippen LogP contribution is 2.51. The first kappa shape index (κ1) is 10.7. The van der Waals surface area contributed by atoms with E-state index in [0.29, 0.717) is 17.0 Å². The second kappa shape index (κ2) is 4.11. The molecule has 1 aliphatic heterocycles. The Morgan fingerprint density at radius 3 is 3.35 bits per heavy atom. The number of amides is 1. The zero-order chi connectivity index (χ0) is 11.7. The number of hydrogen-bond donors (Lipinski definition) is 2. The summed E-state index contributed by atoms with van der Waals surface area (Å²) in [6.45, 7) is 1.92. The maximum Gasteiger partial charge on any atom is 0.252 e. The van der Waals surface area contributed by atoms with Crippen LogP contribution in [0.25, 0.3) is 0 Å². The van der Waals surface area contributed by atoms with Crippen molar-refractivity contribution in [3.63, 3.8) is 0 Å². The van der Waals surface area contributed by atoms with Crippen LogP contribution in [-0.4, -0.2) is 30.0 Å². The molecule has 17 heavy (non-hydrogen) atoms. The first-order valence-electron chi connectivity index (χ1n) is 6.22. The second-order valence-corrected chi connectivity index (χ2v) is 5.10. The smallest absolute Gasteiger partial charge is 0.252 e. The van der Waals surface area contributed by atoms with E-state index in [1.54, 1.807) is 24.5 Å². The molecule has 2 aliphatic rings. The molecule has 0 radical (unpaired) electrons. The quantitative estimate of drug-likeness (QED) is 0.814. The van der Waals surface area contributed by atoms with Crippen LogP contribution in [0.5, 0.6) is 0 Å². The number of piperidine rings is 1. The summed E-state index contributed by atoms with van der Waals surface area (Å²) in [6.07, 6.45) is 6.95. The predicted molar refractivity (Wildman–Crippen MR) is 64.6 cm³/mol. The largest absolute Gasteiger partial charge is 0.351 e. The number of carbonyl (C=O) groups is 1. The first-order valence-corrected chi connectivity index (χ1v) is 6.22. The van der Waals surface area contributed by atoms with Gasteiger partial charge in [-0.1, -0.05) is 0 Å². The van der Waals surface area contributed by atoms with Crippen LogP contribution in [0, 0.1) is 5.41 Å². The van der Waals surface area contributed by atoms with E-state index in [0.717, 1.165) is 13.1 Å². The lowest BCUT2D eigenvalue weighted by Gasteiger charge is -2.22. The minimum absolute atomic E-state index is 0.0105. The molecule has 1 saturated carbocycles. The van der Waals surface area contributed by atoms with Crippen LogP contribution >= 0.6 is 0 Å². The molecule has 2 atom stereocenters. The third-order valence-electron chi connectivity index (χ3n) is 3.96. The summed E-state index contributed by atoms with van der Waals surface area (Å²) in [4.78, 5) is 15.8. The maximum absolute atomic E-state index is 11.9. The molecule has 4 heteroatoms. The lowest BCUT2D eigenvalue weighted by molar-refractivity contribution is 0.0941. The van der Waals surface area contributed by atoms with Crippen LogP contribution in [-0.2, 0) is 0 Å². The normalized spacial score (nSPS) is 30.5. The van der Waals surface area contributed by atoms with Crippen molar-refractivity contribution in [2.75, 3.05) is 13.1 Å². The van der Waals surface area contributed by atoms with E-state index < -0.39 is 0 Å². The molecule has 1 aromatic heterocycles. The molecule has 4 nitrogen and oxygen atoms in total. The summed E-state index contributed by atoms with van der Waals surface area (Å²) in [6, 6.07) is 4.21. The van der Waals surface area contributed by atoms with Gasteiger partial charge in [0.1, 0.15) is 0 Å². The minimum atomic E-state index is -0.0105. The molecule has 1 amide bonds. The van der Waals surface area contributed by atoms with Crippen molar-refractivity contribution in [1.29, 1.82) is 0 Å². The Labute approximate surface area is 101 Å². The number of nitrogens with one attached hydrogen (secondary N) is 2. The van der Waals surface area contributed by atoms with Crippen molar-refractivity contribution in [1.82, 2.24) is 15.6 Å². The van der Waals surface area contributed by atoms with Crippen molar-refractivity contribution in [3.8, 4) is 0 Å². The van der Waals surface area contributed by atoms with Gasteiger partial charge in [0, 0.05) is 30.4 Å². The molecule has 2 unspecified atom stereocenters. The summed E-state index contributed by atoms with van der Waals surface area (Å²) < 4.78 is 0. The molecule has 0 bridgehead atoms. The van der Waals surface area contributed by atoms with Gasteiger partial charge in [-0.15, -0.1) is 0 Å². The topological polar surface area (TPSA) is 54.0 Å². The predicted octanol–water partition coefficient (Wildman–Crippen LogP) is 0.953. The van der Waals surface area contributed by atoms with Crippen molar-refractivity contribution in [2.24, 2.45) is 5.41 Å². The van der Waals surface area contributed by atoms with Gasteiger partial charge in [0.15, 0.2) is 0 Å². The summed E-state index contributed by atoms with van der Waals surface area (Å²) in [5.74, 6) is -0.0105. The van der Waals surface area contributed by atoms with E-state index in [9.17, 15) is 4.79 Å². The number of aromatic nitrogens is 1. The minimum Gasteiger partial charge on any atom is -0.351 e. The Kier molecular flexibility index (Phi) is 2.59. The van der Waals surface area contributed by atoms with Crippen LogP contribution in [0.1, 0.15) is 29.6 Å². The number of pyridine rings is 1. The van der Waals surface area contributed by atoms with Crippen molar-refractivity contribution in [3.05, 3.63) is 30.1 Å². The first-order chi connectivity index (χ1) is 8.30.